The Balaban J connectivity index is 1.86. The van der Waals surface area contributed by atoms with Crippen LogP contribution in [0.3, 0.4) is 0 Å². The summed E-state index contributed by atoms with van der Waals surface area (Å²) in [5, 5.41) is 2.83. The summed E-state index contributed by atoms with van der Waals surface area (Å²) in [7, 11) is 1.55. The minimum absolute atomic E-state index is 0.0859. The Bertz CT molecular complexity index is 460. The topological polar surface area (TPSA) is 82.8 Å². The van der Waals surface area contributed by atoms with E-state index in [-0.39, 0.29) is 18.4 Å². The van der Waals surface area contributed by atoms with E-state index >= 15 is 0 Å². The Labute approximate surface area is 118 Å². The number of hydrogen-bond acceptors (Lipinski definition) is 5. The molecule has 0 fully saturated rings. The maximum atomic E-state index is 11.7. The SMILES string of the molecule is COC(CN)CC(=O)NCc1ccc2c(c1)OCCO2. The number of benzene rings is 1. The van der Waals surface area contributed by atoms with Gasteiger partial charge in [0.2, 0.25) is 5.91 Å². The predicted molar refractivity (Wildman–Crippen MR) is 73.7 cm³/mol. The van der Waals surface area contributed by atoms with Gasteiger partial charge in [-0.3, -0.25) is 4.79 Å². The van der Waals surface area contributed by atoms with Crippen molar-refractivity contribution in [2.75, 3.05) is 26.9 Å². The van der Waals surface area contributed by atoms with Crippen LogP contribution in [0.4, 0.5) is 0 Å². The molecule has 1 aliphatic heterocycles. The van der Waals surface area contributed by atoms with E-state index < -0.39 is 0 Å². The van der Waals surface area contributed by atoms with Crippen LogP contribution >= 0.6 is 0 Å². The van der Waals surface area contributed by atoms with Gasteiger partial charge in [0.15, 0.2) is 11.5 Å². The highest BCUT2D eigenvalue weighted by Crippen LogP contribution is 2.30. The summed E-state index contributed by atoms with van der Waals surface area (Å²) >= 11 is 0. The van der Waals surface area contributed by atoms with Crippen LogP contribution in [0.2, 0.25) is 0 Å². The fourth-order valence-electron chi connectivity index (χ4n) is 1.94. The standard InChI is InChI=1S/C14H20N2O4/c1-18-11(8-15)7-14(17)16-9-10-2-3-12-13(6-10)20-5-4-19-12/h2-3,6,11H,4-5,7-9,15H2,1H3,(H,16,17). The molecule has 1 atom stereocenters. The summed E-state index contributed by atoms with van der Waals surface area (Å²) in [5.74, 6) is 1.38. The number of carbonyl (C=O) groups is 1. The Morgan fingerprint density at radius 2 is 2.15 bits per heavy atom. The van der Waals surface area contributed by atoms with Gasteiger partial charge in [-0.05, 0) is 17.7 Å². The summed E-state index contributed by atoms with van der Waals surface area (Å²) in [6, 6.07) is 5.64. The second-order valence-corrected chi connectivity index (χ2v) is 4.55. The quantitative estimate of drug-likeness (QED) is 0.790. The second kappa shape index (κ2) is 7.12. The van der Waals surface area contributed by atoms with E-state index in [1.54, 1.807) is 7.11 Å². The number of nitrogens with one attached hydrogen (secondary N) is 1. The van der Waals surface area contributed by atoms with Crippen molar-refractivity contribution in [3.8, 4) is 11.5 Å². The molecule has 0 saturated carbocycles. The average molecular weight is 280 g/mol. The van der Waals surface area contributed by atoms with Gasteiger partial charge in [0.05, 0.1) is 12.5 Å². The number of nitrogens with two attached hydrogens (primary N) is 1. The minimum Gasteiger partial charge on any atom is -0.486 e. The fourth-order valence-corrected chi connectivity index (χ4v) is 1.94. The van der Waals surface area contributed by atoms with Gasteiger partial charge >= 0.3 is 0 Å². The number of amides is 1. The van der Waals surface area contributed by atoms with Crippen LogP contribution in [0.25, 0.3) is 0 Å². The summed E-state index contributed by atoms with van der Waals surface area (Å²) < 4.78 is 16.0. The largest absolute Gasteiger partial charge is 0.486 e. The molecule has 0 spiro atoms. The molecule has 0 radical (unpaired) electrons. The molecule has 1 aromatic carbocycles. The number of rotatable bonds is 6. The highest BCUT2D eigenvalue weighted by molar-refractivity contribution is 5.76. The molecule has 1 heterocycles. The molecule has 6 nitrogen and oxygen atoms in total. The summed E-state index contributed by atoms with van der Waals surface area (Å²) in [6.45, 7) is 1.89. The zero-order valence-electron chi connectivity index (χ0n) is 11.6. The summed E-state index contributed by atoms with van der Waals surface area (Å²) in [5.41, 5.74) is 6.44. The summed E-state index contributed by atoms with van der Waals surface area (Å²) in [4.78, 5) is 11.7. The minimum atomic E-state index is -0.240. The lowest BCUT2D eigenvalue weighted by molar-refractivity contribution is -0.123. The van der Waals surface area contributed by atoms with Gasteiger partial charge in [0.1, 0.15) is 13.2 Å². The molecule has 0 aliphatic carbocycles. The first-order chi connectivity index (χ1) is 9.72. The van der Waals surface area contributed by atoms with Crippen molar-refractivity contribution in [2.24, 2.45) is 5.73 Å². The van der Waals surface area contributed by atoms with Crippen molar-refractivity contribution >= 4 is 5.91 Å². The van der Waals surface area contributed by atoms with Crippen LogP contribution in [0.15, 0.2) is 18.2 Å². The van der Waals surface area contributed by atoms with Gasteiger partial charge in [-0.15, -0.1) is 0 Å². The van der Waals surface area contributed by atoms with E-state index in [1.165, 1.54) is 0 Å². The molecule has 0 saturated heterocycles. The van der Waals surface area contributed by atoms with Crippen LogP contribution in [0.1, 0.15) is 12.0 Å². The molecule has 1 amide bonds. The number of hydrogen-bond donors (Lipinski definition) is 2. The zero-order valence-corrected chi connectivity index (χ0v) is 11.6. The Morgan fingerprint density at radius 3 is 2.85 bits per heavy atom. The third-order valence-corrected chi connectivity index (χ3v) is 3.11. The number of ether oxygens (including phenoxy) is 3. The van der Waals surface area contributed by atoms with Crippen molar-refractivity contribution in [1.29, 1.82) is 0 Å². The van der Waals surface area contributed by atoms with E-state index in [1.807, 2.05) is 18.2 Å². The summed E-state index contributed by atoms with van der Waals surface area (Å²) in [6.07, 6.45) is 0.0210. The lowest BCUT2D eigenvalue weighted by Crippen LogP contribution is -2.31. The van der Waals surface area contributed by atoms with Gasteiger partial charge in [0.25, 0.3) is 0 Å². The number of carbonyl (C=O) groups excluding carboxylic acids is 1. The van der Waals surface area contributed by atoms with Gasteiger partial charge in [0, 0.05) is 20.2 Å². The molecular formula is C14H20N2O4. The van der Waals surface area contributed by atoms with Crippen LogP contribution in [-0.4, -0.2) is 38.9 Å². The van der Waals surface area contributed by atoms with E-state index in [9.17, 15) is 4.79 Å². The maximum absolute atomic E-state index is 11.7. The lowest BCUT2D eigenvalue weighted by atomic mass is 10.2. The van der Waals surface area contributed by atoms with E-state index in [0.29, 0.717) is 26.3 Å². The highest BCUT2D eigenvalue weighted by Gasteiger charge is 2.13. The van der Waals surface area contributed by atoms with Crippen molar-refractivity contribution < 1.29 is 19.0 Å². The van der Waals surface area contributed by atoms with E-state index in [4.69, 9.17) is 19.9 Å². The van der Waals surface area contributed by atoms with Gasteiger partial charge < -0.3 is 25.3 Å². The Morgan fingerprint density at radius 1 is 1.40 bits per heavy atom. The normalized spacial score (nSPS) is 14.7. The maximum Gasteiger partial charge on any atom is 0.222 e. The third kappa shape index (κ3) is 3.85. The van der Waals surface area contributed by atoms with Crippen LogP contribution in [-0.2, 0) is 16.1 Å². The first kappa shape index (κ1) is 14.6. The average Bonchev–Trinajstić information content (AvgIpc) is 2.50. The van der Waals surface area contributed by atoms with E-state index in [0.717, 1.165) is 17.1 Å². The monoisotopic (exact) mass is 280 g/mol. The number of methoxy groups -OCH3 is 1. The Kier molecular flexibility index (Phi) is 5.20. The molecule has 20 heavy (non-hydrogen) atoms. The smallest absolute Gasteiger partial charge is 0.222 e. The van der Waals surface area contributed by atoms with E-state index in [2.05, 4.69) is 5.32 Å². The second-order valence-electron chi connectivity index (χ2n) is 4.55. The van der Waals surface area contributed by atoms with Crippen molar-refractivity contribution in [3.05, 3.63) is 23.8 Å². The molecular weight excluding hydrogens is 260 g/mol. The molecule has 110 valence electrons. The molecule has 0 bridgehead atoms. The van der Waals surface area contributed by atoms with Crippen molar-refractivity contribution in [1.82, 2.24) is 5.32 Å². The Hall–Kier alpha value is -1.79. The van der Waals surface area contributed by atoms with Crippen LogP contribution in [0.5, 0.6) is 11.5 Å². The highest BCUT2D eigenvalue weighted by atomic mass is 16.6. The molecule has 1 unspecified atom stereocenters. The molecule has 1 aliphatic rings. The number of fused-ring (bicyclic) bond motifs is 1. The van der Waals surface area contributed by atoms with Gasteiger partial charge in [-0.1, -0.05) is 6.07 Å². The predicted octanol–water partition coefficient (Wildman–Crippen LogP) is 0.438. The van der Waals surface area contributed by atoms with Crippen molar-refractivity contribution in [3.63, 3.8) is 0 Å². The van der Waals surface area contributed by atoms with Gasteiger partial charge in [-0.2, -0.15) is 0 Å². The van der Waals surface area contributed by atoms with Gasteiger partial charge in [-0.25, -0.2) is 0 Å². The molecule has 2 rings (SSSR count). The molecule has 3 N–H and O–H groups in total. The first-order valence-corrected chi connectivity index (χ1v) is 6.61. The molecule has 0 aromatic heterocycles. The lowest BCUT2D eigenvalue weighted by Gasteiger charge is -2.19. The molecule has 1 aromatic rings. The first-order valence-electron chi connectivity index (χ1n) is 6.61. The van der Waals surface area contributed by atoms with Crippen LogP contribution < -0.4 is 20.5 Å². The zero-order chi connectivity index (χ0) is 14.4. The van der Waals surface area contributed by atoms with Crippen LogP contribution in [0, 0.1) is 0 Å². The fraction of sp³-hybridized carbons (Fsp3) is 0.500. The third-order valence-electron chi connectivity index (χ3n) is 3.11. The van der Waals surface area contributed by atoms with Crippen molar-refractivity contribution in [2.45, 2.75) is 19.1 Å². The molecule has 6 heteroatoms.